The van der Waals surface area contributed by atoms with E-state index in [-0.39, 0.29) is 11.7 Å². The minimum Gasteiger partial charge on any atom is -0.497 e. The topological polar surface area (TPSA) is 67.8 Å². The third kappa shape index (κ3) is 3.91. The molecule has 6 heteroatoms. The van der Waals surface area contributed by atoms with Crippen molar-refractivity contribution < 1.29 is 13.6 Å². The average Bonchev–Trinajstić information content (AvgIpc) is 3.38. The van der Waals surface area contributed by atoms with Gasteiger partial charge in [0.25, 0.3) is 0 Å². The van der Waals surface area contributed by atoms with Gasteiger partial charge < -0.3 is 18.9 Å². The van der Waals surface area contributed by atoms with Crippen molar-refractivity contribution in [1.82, 2.24) is 10.2 Å². The normalized spacial score (nSPS) is 16.0. The van der Waals surface area contributed by atoms with E-state index >= 15 is 0 Å². The fourth-order valence-electron chi connectivity index (χ4n) is 3.77. The Kier molecular flexibility index (Phi) is 5.27. The van der Waals surface area contributed by atoms with E-state index in [9.17, 15) is 4.79 Å². The number of fused-ring (bicyclic) bond motifs is 1. The Morgan fingerprint density at radius 2 is 2.07 bits per heavy atom. The van der Waals surface area contributed by atoms with Gasteiger partial charge in [-0.1, -0.05) is 0 Å². The quantitative estimate of drug-likeness (QED) is 0.645. The molecule has 0 aliphatic carbocycles. The molecule has 0 radical (unpaired) electrons. The Hall–Kier alpha value is -2.57. The summed E-state index contributed by atoms with van der Waals surface area (Å²) in [7, 11) is 1.60. The molecule has 6 nitrogen and oxygen atoms in total. The SMILES string of the molecule is COc1ccc2c(CNC[C@@H](c3ccco3)N3CCCC3)cc(=O)oc2c1. The number of hydrogen-bond acceptors (Lipinski definition) is 6. The van der Waals surface area contributed by atoms with E-state index in [1.165, 1.54) is 12.8 Å². The Balaban J connectivity index is 1.51. The molecule has 0 unspecified atom stereocenters. The number of nitrogens with one attached hydrogen (secondary N) is 1. The van der Waals surface area contributed by atoms with E-state index in [1.807, 2.05) is 24.3 Å². The molecule has 2 aromatic heterocycles. The van der Waals surface area contributed by atoms with E-state index in [0.717, 1.165) is 36.3 Å². The van der Waals surface area contributed by atoms with Crippen LogP contribution in [0.5, 0.6) is 5.75 Å². The molecule has 1 atom stereocenters. The van der Waals surface area contributed by atoms with Crippen molar-refractivity contribution in [1.29, 1.82) is 0 Å². The summed E-state index contributed by atoms with van der Waals surface area (Å²) < 4.78 is 16.2. The molecule has 1 aromatic carbocycles. The molecule has 142 valence electrons. The zero-order valence-electron chi connectivity index (χ0n) is 15.4. The minimum absolute atomic E-state index is 0.203. The highest BCUT2D eigenvalue weighted by molar-refractivity contribution is 5.81. The van der Waals surface area contributed by atoms with Crippen LogP contribution in [0.15, 0.2) is 56.3 Å². The summed E-state index contributed by atoms with van der Waals surface area (Å²) in [6.07, 6.45) is 4.18. The molecule has 1 N–H and O–H groups in total. The lowest BCUT2D eigenvalue weighted by Crippen LogP contribution is -2.33. The summed E-state index contributed by atoms with van der Waals surface area (Å²) in [5.41, 5.74) is 1.11. The van der Waals surface area contributed by atoms with Crippen molar-refractivity contribution >= 4 is 11.0 Å². The van der Waals surface area contributed by atoms with E-state index in [2.05, 4.69) is 10.2 Å². The second-order valence-electron chi connectivity index (χ2n) is 6.86. The molecule has 0 bridgehead atoms. The number of ether oxygens (including phenoxy) is 1. The number of nitrogens with zero attached hydrogens (tertiary/aromatic N) is 1. The lowest BCUT2D eigenvalue weighted by atomic mass is 10.1. The second-order valence-corrected chi connectivity index (χ2v) is 6.86. The molecule has 3 aromatic rings. The van der Waals surface area contributed by atoms with Gasteiger partial charge in [-0.3, -0.25) is 4.90 Å². The predicted molar refractivity (Wildman–Crippen MR) is 103 cm³/mol. The van der Waals surface area contributed by atoms with Gasteiger partial charge in [-0.15, -0.1) is 0 Å². The Labute approximate surface area is 157 Å². The van der Waals surface area contributed by atoms with Crippen molar-refractivity contribution in [2.75, 3.05) is 26.7 Å². The van der Waals surface area contributed by atoms with Gasteiger partial charge in [0.05, 0.1) is 19.4 Å². The Bertz CT molecular complexity index is 942. The monoisotopic (exact) mass is 368 g/mol. The summed E-state index contributed by atoms with van der Waals surface area (Å²) in [6.45, 7) is 3.51. The molecule has 0 amide bonds. The summed E-state index contributed by atoms with van der Waals surface area (Å²) in [6, 6.07) is 11.3. The van der Waals surface area contributed by atoms with E-state index < -0.39 is 0 Å². The van der Waals surface area contributed by atoms with Crippen molar-refractivity contribution in [2.45, 2.75) is 25.4 Å². The fourth-order valence-corrected chi connectivity index (χ4v) is 3.77. The van der Waals surface area contributed by atoms with Crippen LogP contribution in [0, 0.1) is 0 Å². The lowest BCUT2D eigenvalue weighted by molar-refractivity contribution is 0.209. The number of benzene rings is 1. The first-order valence-corrected chi connectivity index (χ1v) is 9.33. The highest BCUT2D eigenvalue weighted by atomic mass is 16.5. The fraction of sp³-hybridized carbons (Fsp3) is 0.381. The number of methoxy groups -OCH3 is 1. The molecular weight excluding hydrogens is 344 g/mol. The zero-order valence-corrected chi connectivity index (χ0v) is 15.4. The Morgan fingerprint density at radius 3 is 2.81 bits per heavy atom. The van der Waals surface area contributed by atoms with E-state index in [0.29, 0.717) is 17.9 Å². The summed E-state index contributed by atoms with van der Waals surface area (Å²) in [5, 5.41) is 4.42. The van der Waals surface area contributed by atoms with Crippen LogP contribution in [0.2, 0.25) is 0 Å². The van der Waals surface area contributed by atoms with Crippen molar-refractivity contribution in [3.8, 4) is 5.75 Å². The molecule has 0 spiro atoms. The van der Waals surface area contributed by atoms with Gasteiger partial charge in [-0.25, -0.2) is 4.79 Å². The van der Waals surface area contributed by atoms with Crippen molar-refractivity contribution in [3.63, 3.8) is 0 Å². The summed E-state index contributed by atoms with van der Waals surface area (Å²) in [4.78, 5) is 14.4. The van der Waals surface area contributed by atoms with Crippen LogP contribution in [0.3, 0.4) is 0 Å². The first kappa shape index (κ1) is 17.8. The average molecular weight is 368 g/mol. The standard InChI is InChI=1S/C21H24N2O4/c1-25-16-6-7-17-15(11-21(24)27-20(17)12-16)13-22-14-18(19-5-4-10-26-19)23-8-2-3-9-23/h4-7,10-12,18,22H,2-3,8-9,13-14H2,1H3/t18-/m0/s1. The smallest absolute Gasteiger partial charge is 0.336 e. The van der Waals surface area contributed by atoms with Crippen LogP contribution in [0.25, 0.3) is 11.0 Å². The van der Waals surface area contributed by atoms with Crippen LogP contribution < -0.4 is 15.7 Å². The number of rotatable bonds is 7. The molecule has 3 heterocycles. The Morgan fingerprint density at radius 1 is 1.22 bits per heavy atom. The molecule has 27 heavy (non-hydrogen) atoms. The zero-order chi connectivity index (χ0) is 18.6. The third-order valence-electron chi connectivity index (χ3n) is 5.14. The maximum absolute atomic E-state index is 11.9. The number of hydrogen-bond donors (Lipinski definition) is 1. The maximum atomic E-state index is 11.9. The molecule has 1 fully saturated rings. The molecule has 1 saturated heterocycles. The first-order valence-electron chi connectivity index (χ1n) is 9.33. The van der Waals surface area contributed by atoms with E-state index in [1.54, 1.807) is 25.5 Å². The van der Waals surface area contributed by atoms with Gasteiger partial charge in [0.1, 0.15) is 17.1 Å². The van der Waals surface area contributed by atoms with E-state index in [4.69, 9.17) is 13.6 Å². The predicted octanol–water partition coefficient (Wildman–Crippen LogP) is 3.32. The lowest BCUT2D eigenvalue weighted by Gasteiger charge is -2.26. The van der Waals surface area contributed by atoms with Gasteiger partial charge in [0.2, 0.25) is 0 Å². The summed E-state index contributed by atoms with van der Waals surface area (Å²) in [5.74, 6) is 1.65. The van der Waals surface area contributed by atoms with Crippen molar-refractivity contribution in [3.05, 3.63) is 64.4 Å². The first-order chi connectivity index (χ1) is 13.2. The van der Waals surface area contributed by atoms with Gasteiger partial charge in [0, 0.05) is 30.6 Å². The second kappa shape index (κ2) is 7.98. The van der Waals surface area contributed by atoms with Gasteiger partial charge >= 0.3 is 5.63 Å². The largest absolute Gasteiger partial charge is 0.497 e. The number of likely N-dealkylation sites (tertiary alicyclic amines) is 1. The maximum Gasteiger partial charge on any atom is 0.336 e. The van der Waals surface area contributed by atoms with Crippen molar-refractivity contribution in [2.24, 2.45) is 0 Å². The third-order valence-corrected chi connectivity index (χ3v) is 5.14. The van der Waals surface area contributed by atoms with Gasteiger partial charge in [-0.2, -0.15) is 0 Å². The highest BCUT2D eigenvalue weighted by Gasteiger charge is 2.25. The molecule has 1 aliphatic heterocycles. The van der Waals surface area contributed by atoms with Gasteiger partial charge in [0.15, 0.2) is 0 Å². The summed E-state index contributed by atoms with van der Waals surface area (Å²) >= 11 is 0. The highest BCUT2D eigenvalue weighted by Crippen LogP contribution is 2.26. The van der Waals surface area contributed by atoms with Crippen LogP contribution in [0.4, 0.5) is 0 Å². The van der Waals surface area contributed by atoms with Gasteiger partial charge in [-0.05, 0) is 55.8 Å². The molecule has 4 rings (SSSR count). The molecular formula is C21H24N2O4. The minimum atomic E-state index is -0.352. The van der Waals surface area contributed by atoms with Crippen LogP contribution in [-0.4, -0.2) is 31.6 Å². The van der Waals surface area contributed by atoms with Crippen LogP contribution in [0.1, 0.15) is 30.2 Å². The van der Waals surface area contributed by atoms with Crippen LogP contribution in [-0.2, 0) is 6.54 Å². The van der Waals surface area contributed by atoms with Crippen LogP contribution >= 0.6 is 0 Å². The molecule has 1 aliphatic rings. The molecule has 0 saturated carbocycles. The number of furan rings is 1.